The standard InChI is InChI=1S/C8H4F3NO5/c9-8(10,11)7(16)17-3-1-2-12-5(13)4(3)6(14)15/h1-2H,(H,12,13)(H,14,15). The number of carboxylic acid groups (broad SMARTS) is 1. The summed E-state index contributed by atoms with van der Waals surface area (Å²) in [5.41, 5.74) is -2.25. The molecule has 6 nitrogen and oxygen atoms in total. The zero-order valence-electron chi connectivity index (χ0n) is 7.87. The van der Waals surface area contributed by atoms with Gasteiger partial charge in [-0.1, -0.05) is 0 Å². The van der Waals surface area contributed by atoms with Crippen LogP contribution in [0.3, 0.4) is 0 Å². The molecule has 1 rings (SSSR count). The summed E-state index contributed by atoms with van der Waals surface area (Å²) in [5, 5.41) is 8.57. The molecule has 0 aliphatic carbocycles. The minimum absolute atomic E-state index is 0.731. The number of rotatable bonds is 2. The summed E-state index contributed by atoms with van der Waals surface area (Å²) >= 11 is 0. The topological polar surface area (TPSA) is 96.5 Å². The number of aromatic nitrogens is 1. The van der Waals surface area contributed by atoms with Crippen LogP contribution < -0.4 is 10.3 Å². The van der Waals surface area contributed by atoms with Crippen LogP contribution in [0.5, 0.6) is 5.75 Å². The van der Waals surface area contributed by atoms with E-state index in [4.69, 9.17) is 5.11 Å². The molecule has 92 valence electrons. The normalized spacial score (nSPS) is 11.0. The SMILES string of the molecule is O=C(O)c1c(OC(=O)C(F)(F)F)cc[nH]c1=O. The van der Waals surface area contributed by atoms with Gasteiger partial charge in [-0.3, -0.25) is 4.79 Å². The van der Waals surface area contributed by atoms with Crippen molar-refractivity contribution in [2.45, 2.75) is 6.18 Å². The number of nitrogens with one attached hydrogen (secondary N) is 1. The highest BCUT2D eigenvalue weighted by atomic mass is 19.4. The van der Waals surface area contributed by atoms with E-state index >= 15 is 0 Å². The molecule has 0 aliphatic heterocycles. The van der Waals surface area contributed by atoms with Gasteiger partial charge in [-0.15, -0.1) is 0 Å². The van der Waals surface area contributed by atoms with E-state index in [9.17, 15) is 27.6 Å². The van der Waals surface area contributed by atoms with Gasteiger partial charge in [-0.2, -0.15) is 13.2 Å². The van der Waals surface area contributed by atoms with Crippen LogP contribution in [-0.4, -0.2) is 28.2 Å². The van der Waals surface area contributed by atoms with Gasteiger partial charge < -0.3 is 14.8 Å². The number of carbonyl (C=O) groups is 2. The van der Waals surface area contributed by atoms with Gasteiger partial charge in [-0.25, -0.2) is 9.59 Å². The minimum atomic E-state index is -5.28. The van der Waals surface area contributed by atoms with Gasteiger partial charge in [0, 0.05) is 6.20 Å². The van der Waals surface area contributed by atoms with E-state index in [0.717, 1.165) is 12.3 Å². The van der Waals surface area contributed by atoms with E-state index in [1.165, 1.54) is 0 Å². The number of aromatic carboxylic acids is 1. The fraction of sp³-hybridized carbons (Fsp3) is 0.125. The van der Waals surface area contributed by atoms with Crippen LogP contribution in [0.15, 0.2) is 17.1 Å². The molecule has 0 spiro atoms. The average molecular weight is 251 g/mol. The molecule has 0 atom stereocenters. The van der Waals surface area contributed by atoms with Crippen molar-refractivity contribution in [3.63, 3.8) is 0 Å². The lowest BCUT2D eigenvalue weighted by Gasteiger charge is -2.08. The molecule has 1 aromatic rings. The molecule has 9 heteroatoms. The second kappa shape index (κ2) is 4.28. The van der Waals surface area contributed by atoms with E-state index in [1.54, 1.807) is 0 Å². The molecule has 0 aliphatic rings. The number of alkyl halides is 3. The smallest absolute Gasteiger partial charge is 0.477 e. The summed E-state index contributed by atoms with van der Waals surface area (Å²) in [5.74, 6) is -5.38. The molecule has 0 saturated carbocycles. The maximum Gasteiger partial charge on any atom is 0.491 e. The highest BCUT2D eigenvalue weighted by molar-refractivity contribution is 5.91. The Labute approximate surface area is 90.6 Å². The zero-order valence-corrected chi connectivity index (χ0v) is 7.87. The Balaban J connectivity index is 3.17. The molecule has 2 N–H and O–H groups in total. The molecular formula is C8H4F3NO5. The number of carbonyl (C=O) groups excluding carboxylic acids is 1. The number of esters is 1. The van der Waals surface area contributed by atoms with Crippen LogP contribution in [0, 0.1) is 0 Å². The van der Waals surface area contributed by atoms with Gasteiger partial charge in [0.25, 0.3) is 5.56 Å². The summed E-state index contributed by atoms with van der Waals surface area (Å²) in [6.07, 6.45) is -4.42. The van der Waals surface area contributed by atoms with Gasteiger partial charge in [0.2, 0.25) is 0 Å². The molecule has 0 amide bonds. The van der Waals surface area contributed by atoms with Crippen molar-refractivity contribution >= 4 is 11.9 Å². The predicted octanol–water partition coefficient (Wildman–Crippen LogP) is 0.541. The maximum atomic E-state index is 11.9. The Kier molecular flexibility index (Phi) is 3.21. The third-order valence-electron chi connectivity index (χ3n) is 1.57. The van der Waals surface area contributed by atoms with Crippen LogP contribution in [-0.2, 0) is 4.79 Å². The maximum absolute atomic E-state index is 11.9. The highest BCUT2D eigenvalue weighted by Crippen LogP contribution is 2.21. The number of hydrogen-bond acceptors (Lipinski definition) is 4. The third kappa shape index (κ3) is 2.83. The van der Waals surface area contributed by atoms with Gasteiger partial charge in [0.15, 0.2) is 11.3 Å². The number of pyridine rings is 1. The summed E-state index contributed by atoms with van der Waals surface area (Å²) < 4.78 is 39.4. The molecule has 0 fully saturated rings. The Morgan fingerprint density at radius 1 is 1.35 bits per heavy atom. The molecule has 17 heavy (non-hydrogen) atoms. The minimum Gasteiger partial charge on any atom is -0.477 e. The molecule has 0 saturated heterocycles. The van der Waals surface area contributed by atoms with Gasteiger partial charge in [-0.05, 0) is 6.07 Å². The van der Waals surface area contributed by atoms with Gasteiger partial charge >= 0.3 is 18.1 Å². The van der Waals surface area contributed by atoms with Crippen molar-refractivity contribution in [1.29, 1.82) is 0 Å². The first kappa shape index (κ1) is 12.7. The molecule has 0 aromatic carbocycles. The van der Waals surface area contributed by atoms with Crippen LogP contribution in [0.4, 0.5) is 13.2 Å². The van der Waals surface area contributed by atoms with E-state index in [0.29, 0.717) is 0 Å². The van der Waals surface area contributed by atoms with Crippen LogP contribution in [0.2, 0.25) is 0 Å². The second-order valence-electron chi connectivity index (χ2n) is 2.74. The van der Waals surface area contributed by atoms with Gasteiger partial charge in [0.1, 0.15) is 0 Å². The highest BCUT2D eigenvalue weighted by Gasteiger charge is 2.42. The number of ether oxygens (including phenoxy) is 1. The predicted molar refractivity (Wildman–Crippen MR) is 45.7 cm³/mol. The number of aromatic amines is 1. The monoisotopic (exact) mass is 251 g/mol. The molecule has 0 unspecified atom stereocenters. The Hall–Kier alpha value is -2.32. The van der Waals surface area contributed by atoms with Crippen molar-refractivity contribution in [1.82, 2.24) is 4.98 Å². The van der Waals surface area contributed by atoms with Crippen LogP contribution in [0.1, 0.15) is 10.4 Å². The quantitative estimate of drug-likeness (QED) is 0.748. The summed E-state index contributed by atoms with van der Waals surface area (Å²) in [7, 11) is 0. The average Bonchev–Trinajstić information content (AvgIpc) is 2.15. The first-order chi connectivity index (χ1) is 7.73. The van der Waals surface area contributed by atoms with Crippen molar-refractivity contribution in [2.75, 3.05) is 0 Å². The Morgan fingerprint density at radius 2 is 1.94 bits per heavy atom. The number of carboxylic acids is 1. The van der Waals surface area contributed by atoms with Crippen LogP contribution >= 0.6 is 0 Å². The van der Waals surface area contributed by atoms with Crippen LogP contribution in [0.25, 0.3) is 0 Å². The van der Waals surface area contributed by atoms with Gasteiger partial charge in [0.05, 0.1) is 0 Å². The van der Waals surface area contributed by atoms with E-state index < -0.39 is 35.0 Å². The first-order valence-corrected chi connectivity index (χ1v) is 3.97. The number of H-pyrrole nitrogens is 1. The fourth-order valence-corrected chi connectivity index (χ4v) is 0.906. The summed E-state index contributed by atoms with van der Waals surface area (Å²) in [6, 6.07) is 0.731. The lowest BCUT2D eigenvalue weighted by molar-refractivity contribution is -0.189. The molecule has 1 heterocycles. The lowest BCUT2D eigenvalue weighted by atomic mass is 10.2. The lowest BCUT2D eigenvalue weighted by Crippen LogP contribution is -2.30. The molecule has 0 radical (unpaired) electrons. The fourth-order valence-electron chi connectivity index (χ4n) is 0.906. The van der Waals surface area contributed by atoms with Crippen molar-refractivity contribution in [3.05, 3.63) is 28.2 Å². The molecule has 0 bridgehead atoms. The Bertz CT molecular complexity index is 519. The number of hydrogen-bond donors (Lipinski definition) is 2. The van der Waals surface area contributed by atoms with Crippen molar-refractivity contribution in [2.24, 2.45) is 0 Å². The first-order valence-electron chi connectivity index (χ1n) is 3.97. The third-order valence-corrected chi connectivity index (χ3v) is 1.57. The second-order valence-corrected chi connectivity index (χ2v) is 2.74. The van der Waals surface area contributed by atoms with E-state index in [1.807, 2.05) is 4.98 Å². The number of halogens is 3. The molecular weight excluding hydrogens is 247 g/mol. The van der Waals surface area contributed by atoms with Crippen molar-refractivity contribution in [3.8, 4) is 5.75 Å². The summed E-state index contributed by atoms with van der Waals surface area (Å²) in [4.78, 5) is 34.0. The largest absolute Gasteiger partial charge is 0.491 e. The molecule has 1 aromatic heterocycles. The van der Waals surface area contributed by atoms with E-state index in [2.05, 4.69) is 4.74 Å². The summed E-state index contributed by atoms with van der Waals surface area (Å²) in [6.45, 7) is 0. The Morgan fingerprint density at radius 3 is 2.41 bits per heavy atom. The van der Waals surface area contributed by atoms with E-state index in [-0.39, 0.29) is 0 Å². The van der Waals surface area contributed by atoms with Crippen molar-refractivity contribution < 1.29 is 32.6 Å². The zero-order chi connectivity index (χ0) is 13.2.